The molecule has 1 aliphatic carbocycles. The second kappa shape index (κ2) is 3.56. The van der Waals surface area contributed by atoms with Crippen molar-refractivity contribution >= 4 is 6.08 Å². The third-order valence-corrected chi connectivity index (χ3v) is 2.37. The van der Waals surface area contributed by atoms with Crippen LogP contribution in [0.5, 0.6) is 0 Å². The molecule has 0 fully saturated rings. The average Bonchev–Trinajstić information content (AvgIpc) is 2.41. The Labute approximate surface area is 78.8 Å². The monoisotopic (exact) mass is 171 g/mol. The first-order valence-corrected chi connectivity index (χ1v) is 4.71. The number of aryl methyl sites for hydroxylation is 1. The van der Waals surface area contributed by atoms with E-state index in [0.717, 1.165) is 12.8 Å². The molecule has 0 saturated carbocycles. The zero-order chi connectivity index (χ0) is 9.10. The molecule has 0 atom stereocenters. The van der Waals surface area contributed by atoms with Gasteiger partial charge in [0.1, 0.15) is 0 Å². The maximum atomic E-state index is 4.39. The number of hydrogen-bond acceptors (Lipinski definition) is 1. The highest BCUT2D eigenvalue weighted by atomic mass is 14.7. The van der Waals surface area contributed by atoms with E-state index in [2.05, 4.69) is 42.3 Å². The van der Waals surface area contributed by atoms with Crippen LogP contribution < -0.4 is 0 Å². The molecule has 1 nitrogen and oxygen atoms in total. The van der Waals surface area contributed by atoms with Crippen LogP contribution in [0.4, 0.5) is 0 Å². The summed E-state index contributed by atoms with van der Waals surface area (Å²) in [5.74, 6) is 0. The molecule has 0 bridgehead atoms. The fraction of sp³-hybridized carbons (Fsp3) is 0.250. The summed E-state index contributed by atoms with van der Waals surface area (Å²) in [6.07, 6.45) is 12.4. The first-order chi connectivity index (χ1) is 6.42. The summed E-state index contributed by atoms with van der Waals surface area (Å²) in [5, 5.41) is 0. The molecule has 0 aliphatic heterocycles. The molecule has 1 aromatic heterocycles. The molecular weight excluding hydrogens is 158 g/mol. The van der Waals surface area contributed by atoms with Gasteiger partial charge in [0.2, 0.25) is 0 Å². The molecule has 13 heavy (non-hydrogen) atoms. The van der Waals surface area contributed by atoms with Crippen LogP contribution in [0.25, 0.3) is 6.08 Å². The minimum absolute atomic E-state index is 0.955. The minimum atomic E-state index is 0.955. The molecule has 0 radical (unpaired) electrons. The minimum Gasteiger partial charge on any atom is -0.260 e. The van der Waals surface area contributed by atoms with Crippen molar-refractivity contribution in [1.29, 1.82) is 0 Å². The molecule has 1 heterocycles. The lowest BCUT2D eigenvalue weighted by Crippen LogP contribution is -1.96. The first kappa shape index (κ1) is 8.24. The summed E-state index contributed by atoms with van der Waals surface area (Å²) in [5.41, 5.74) is 3.91. The van der Waals surface area contributed by atoms with Crippen LogP contribution in [0.15, 0.2) is 30.5 Å². The molecule has 0 N–H and O–H groups in total. The molecule has 1 aliphatic rings. The van der Waals surface area contributed by atoms with Crippen molar-refractivity contribution in [2.45, 2.75) is 19.8 Å². The van der Waals surface area contributed by atoms with E-state index in [9.17, 15) is 0 Å². The van der Waals surface area contributed by atoms with Gasteiger partial charge in [-0.3, -0.25) is 4.98 Å². The molecule has 0 amide bonds. The lowest BCUT2D eigenvalue weighted by molar-refractivity contribution is 1.04. The standard InChI is InChI=1S/C12H13N/c1-2-10-8-9-13-12-7-5-3-4-6-11(10)12/h3-6,8-9H,2,7H2,1H3. The Balaban J connectivity index is 2.55. The van der Waals surface area contributed by atoms with Gasteiger partial charge in [0.25, 0.3) is 0 Å². The van der Waals surface area contributed by atoms with Crippen LogP contribution in [0, 0.1) is 0 Å². The third-order valence-electron chi connectivity index (χ3n) is 2.37. The fourth-order valence-corrected chi connectivity index (χ4v) is 1.65. The molecule has 0 saturated heterocycles. The van der Waals surface area contributed by atoms with Gasteiger partial charge in [-0.2, -0.15) is 0 Å². The van der Waals surface area contributed by atoms with Crippen molar-refractivity contribution in [3.8, 4) is 0 Å². The van der Waals surface area contributed by atoms with E-state index in [1.807, 2.05) is 6.20 Å². The maximum absolute atomic E-state index is 4.39. The average molecular weight is 171 g/mol. The topological polar surface area (TPSA) is 12.9 Å². The van der Waals surface area contributed by atoms with E-state index in [4.69, 9.17) is 0 Å². The molecule has 0 spiro atoms. The van der Waals surface area contributed by atoms with Crippen molar-refractivity contribution < 1.29 is 0 Å². The van der Waals surface area contributed by atoms with Crippen LogP contribution in [-0.2, 0) is 12.8 Å². The second-order valence-corrected chi connectivity index (χ2v) is 3.18. The van der Waals surface area contributed by atoms with Crippen molar-refractivity contribution in [3.63, 3.8) is 0 Å². The summed E-state index contributed by atoms with van der Waals surface area (Å²) in [6, 6.07) is 2.11. The number of nitrogens with zero attached hydrogens (tertiary/aromatic N) is 1. The van der Waals surface area contributed by atoms with Gasteiger partial charge in [-0.05, 0) is 23.6 Å². The summed E-state index contributed by atoms with van der Waals surface area (Å²) < 4.78 is 0. The SMILES string of the molecule is CCc1ccnc2c1C=CC=CC2. The van der Waals surface area contributed by atoms with Crippen molar-refractivity contribution in [1.82, 2.24) is 4.98 Å². The van der Waals surface area contributed by atoms with E-state index in [-0.39, 0.29) is 0 Å². The molecule has 1 aromatic rings. The Kier molecular flexibility index (Phi) is 2.26. The smallest absolute Gasteiger partial charge is 0.0516 e. The van der Waals surface area contributed by atoms with Gasteiger partial charge >= 0.3 is 0 Å². The lowest BCUT2D eigenvalue weighted by atomic mass is 10.0. The lowest BCUT2D eigenvalue weighted by Gasteiger charge is -2.06. The summed E-state index contributed by atoms with van der Waals surface area (Å²) in [6.45, 7) is 2.18. The van der Waals surface area contributed by atoms with Gasteiger partial charge in [-0.1, -0.05) is 31.2 Å². The Morgan fingerprint density at radius 2 is 2.31 bits per heavy atom. The van der Waals surface area contributed by atoms with E-state index >= 15 is 0 Å². The molecule has 2 rings (SSSR count). The van der Waals surface area contributed by atoms with Crippen molar-refractivity contribution in [3.05, 3.63) is 47.3 Å². The summed E-state index contributed by atoms with van der Waals surface area (Å²) in [7, 11) is 0. The van der Waals surface area contributed by atoms with Gasteiger partial charge < -0.3 is 0 Å². The predicted octanol–water partition coefficient (Wildman–Crippen LogP) is 2.77. The highest BCUT2D eigenvalue weighted by Gasteiger charge is 2.05. The van der Waals surface area contributed by atoms with Gasteiger partial charge in [0, 0.05) is 12.6 Å². The number of allylic oxidation sites excluding steroid dienone is 3. The summed E-state index contributed by atoms with van der Waals surface area (Å²) >= 11 is 0. The zero-order valence-electron chi connectivity index (χ0n) is 7.83. The van der Waals surface area contributed by atoms with Gasteiger partial charge in [-0.25, -0.2) is 0 Å². The van der Waals surface area contributed by atoms with Gasteiger partial charge in [-0.15, -0.1) is 0 Å². The van der Waals surface area contributed by atoms with Gasteiger partial charge in [0.15, 0.2) is 0 Å². The Hall–Kier alpha value is -1.37. The molecular formula is C12H13N. The molecule has 0 unspecified atom stereocenters. The Morgan fingerprint density at radius 1 is 1.38 bits per heavy atom. The molecule has 66 valence electrons. The third kappa shape index (κ3) is 1.55. The number of fused-ring (bicyclic) bond motifs is 1. The van der Waals surface area contributed by atoms with Crippen LogP contribution in [-0.4, -0.2) is 4.98 Å². The Bertz CT molecular complexity index is 361. The molecule has 0 aromatic carbocycles. The molecule has 1 heteroatoms. The number of pyridine rings is 1. The van der Waals surface area contributed by atoms with E-state index in [0.29, 0.717) is 0 Å². The predicted molar refractivity (Wildman–Crippen MR) is 55.5 cm³/mol. The normalized spacial score (nSPS) is 13.9. The Morgan fingerprint density at radius 3 is 3.15 bits per heavy atom. The highest BCUT2D eigenvalue weighted by molar-refractivity contribution is 5.59. The van der Waals surface area contributed by atoms with Crippen molar-refractivity contribution in [2.24, 2.45) is 0 Å². The van der Waals surface area contributed by atoms with Crippen LogP contribution in [0.1, 0.15) is 23.7 Å². The number of aromatic nitrogens is 1. The van der Waals surface area contributed by atoms with Crippen LogP contribution in [0.3, 0.4) is 0 Å². The van der Waals surface area contributed by atoms with Crippen LogP contribution in [0.2, 0.25) is 0 Å². The quantitative estimate of drug-likeness (QED) is 0.633. The van der Waals surface area contributed by atoms with E-state index in [1.54, 1.807) is 0 Å². The largest absolute Gasteiger partial charge is 0.260 e. The zero-order valence-corrected chi connectivity index (χ0v) is 7.83. The van der Waals surface area contributed by atoms with Gasteiger partial charge in [0.05, 0.1) is 5.69 Å². The number of rotatable bonds is 1. The van der Waals surface area contributed by atoms with Crippen molar-refractivity contribution in [2.75, 3.05) is 0 Å². The fourth-order valence-electron chi connectivity index (χ4n) is 1.65. The highest BCUT2D eigenvalue weighted by Crippen LogP contribution is 2.18. The number of hydrogen-bond donors (Lipinski definition) is 0. The van der Waals surface area contributed by atoms with Crippen LogP contribution >= 0.6 is 0 Å². The first-order valence-electron chi connectivity index (χ1n) is 4.71. The second-order valence-electron chi connectivity index (χ2n) is 3.18. The van der Waals surface area contributed by atoms with E-state index in [1.165, 1.54) is 16.8 Å². The maximum Gasteiger partial charge on any atom is 0.0516 e. The summed E-state index contributed by atoms with van der Waals surface area (Å²) in [4.78, 5) is 4.39. The van der Waals surface area contributed by atoms with E-state index < -0.39 is 0 Å².